The summed E-state index contributed by atoms with van der Waals surface area (Å²) in [6.45, 7) is 0.440. The Morgan fingerprint density at radius 3 is 2.52 bits per heavy atom. The molecule has 6 heteroatoms. The zero-order valence-corrected chi connectivity index (χ0v) is 11.8. The second-order valence-corrected chi connectivity index (χ2v) is 4.86. The summed E-state index contributed by atoms with van der Waals surface area (Å²) in [4.78, 5) is 11.5. The summed E-state index contributed by atoms with van der Waals surface area (Å²) < 4.78 is 0. The number of anilines is 2. The second-order valence-electron chi connectivity index (χ2n) is 4.45. The zero-order chi connectivity index (χ0) is 15.4. The summed E-state index contributed by atoms with van der Waals surface area (Å²) in [5, 5.41) is 12.2. The van der Waals surface area contributed by atoms with E-state index in [2.05, 4.69) is 11.4 Å². The van der Waals surface area contributed by atoms with Gasteiger partial charge in [0.05, 0.1) is 27.9 Å². The highest BCUT2D eigenvalue weighted by Gasteiger charge is 2.13. The van der Waals surface area contributed by atoms with Gasteiger partial charge >= 0.3 is 0 Å². The van der Waals surface area contributed by atoms with Crippen molar-refractivity contribution in [3.05, 3.63) is 58.1 Å². The van der Waals surface area contributed by atoms with Crippen LogP contribution >= 0.6 is 11.6 Å². The van der Waals surface area contributed by atoms with Gasteiger partial charge < -0.3 is 16.8 Å². The van der Waals surface area contributed by atoms with Crippen molar-refractivity contribution in [3.8, 4) is 6.07 Å². The van der Waals surface area contributed by atoms with Crippen molar-refractivity contribution >= 4 is 28.9 Å². The second kappa shape index (κ2) is 6.16. The number of halogens is 1. The van der Waals surface area contributed by atoms with Gasteiger partial charge in [0.25, 0.3) is 5.91 Å². The number of nitriles is 1. The van der Waals surface area contributed by atoms with Crippen LogP contribution in [0.5, 0.6) is 0 Å². The smallest absolute Gasteiger partial charge is 0.250 e. The predicted molar refractivity (Wildman–Crippen MR) is 82.9 cm³/mol. The minimum Gasteiger partial charge on any atom is -0.399 e. The van der Waals surface area contributed by atoms with E-state index in [1.54, 1.807) is 18.2 Å². The number of rotatable bonds is 4. The lowest BCUT2D eigenvalue weighted by atomic mass is 10.1. The molecular weight excluding hydrogens is 288 g/mol. The van der Waals surface area contributed by atoms with Crippen molar-refractivity contribution in [2.45, 2.75) is 6.54 Å². The molecule has 0 atom stereocenters. The Hall–Kier alpha value is -2.71. The molecule has 0 aromatic heterocycles. The molecule has 0 bridgehead atoms. The van der Waals surface area contributed by atoms with E-state index in [1.165, 1.54) is 6.07 Å². The molecule has 0 saturated heterocycles. The first kappa shape index (κ1) is 14.7. The number of nitrogens with one attached hydrogen (secondary N) is 1. The zero-order valence-electron chi connectivity index (χ0n) is 11.1. The number of carbonyl (C=O) groups excluding carboxylic acids is 1. The molecular formula is C15H13ClN4O. The first-order chi connectivity index (χ1) is 10.0. The van der Waals surface area contributed by atoms with Crippen LogP contribution in [0.2, 0.25) is 5.02 Å². The summed E-state index contributed by atoms with van der Waals surface area (Å²) in [5.41, 5.74) is 13.6. The number of carbonyl (C=O) groups is 1. The fraction of sp³-hybridized carbons (Fsp3) is 0.0667. The van der Waals surface area contributed by atoms with E-state index in [-0.39, 0.29) is 5.56 Å². The molecule has 2 aromatic carbocycles. The molecule has 0 aliphatic rings. The van der Waals surface area contributed by atoms with Crippen LogP contribution in [0.4, 0.5) is 11.4 Å². The van der Waals surface area contributed by atoms with E-state index < -0.39 is 5.91 Å². The molecule has 21 heavy (non-hydrogen) atoms. The van der Waals surface area contributed by atoms with Crippen molar-refractivity contribution in [3.63, 3.8) is 0 Å². The first-order valence-corrected chi connectivity index (χ1v) is 6.51. The SMILES string of the molecule is N#Cc1ccc(CNc2c(Cl)cc(N)cc2C(N)=O)cc1. The molecule has 0 aliphatic carbocycles. The van der Waals surface area contributed by atoms with E-state index in [1.807, 2.05) is 12.1 Å². The molecule has 5 N–H and O–H groups in total. The lowest BCUT2D eigenvalue weighted by Crippen LogP contribution is -2.15. The predicted octanol–water partition coefficient (Wildman–Crippen LogP) is 2.50. The Bertz CT molecular complexity index is 720. The van der Waals surface area contributed by atoms with Gasteiger partial charge in [-0.2, -0.15) is 5.26 Å². The van der Waals surface area contributed by atoms with Crippen LogP contribution in [0.1, 0.15) is 21.5 Å². The molecule has 0 heterocycles. The highest BCUT2D eigenvalue weighted by Crippen LogP contribution is 2.29. The van der Waals surface area contributed by atoms with Crippen LogP contribution in [0.25, 0.3) is 0 Å². The Morgan fingerprint density at radius 1 is 1.29 bits per heavy atom. The van der Waals surface area contributed by atoms with E-state index in [0.717, 1.165) is 5.56 Å². The topological polar surface area (TPSA) is 105 Å². The lowest BCUT2D eigenvalue weighted by Gasteiger charge is -2.13. The Morgan fingerprint density at radius 2 is 1.95 bits per heavy atom. The molecule has 106 valence electrons. The lowest BCUT2D eigenvalue weighted by molar-refractivity contribution is 0.100. The van der Waals surface area contributed by atoms with Crippen molar-refractivity contribution in [1.82, 2.24) is 0 Å². The standard InChI is InChI=1S/C15H13ClN4O/c16-13-6-11(18)5-12(15(19)21)14(13)20-8-10-3-1-9(7-17)2-4-10/h1-6,20H,8,18H2,(H2,19,21). The molecule has 0 saturated carbocycles. The average molecular weight is 301 g/mol. The van der Waals surface area contributed by atoms with Crippen molar-refractivity contribution in [2.75, 3.05) is 11.1 Å². The number of benzene rings is 2. The quantitative estimate of drug-likeness (QED) is 0.754. The fourth-order valence-corrected chi connectivity index (χ4v) is 2.18. The maximum Gasteiger partial charge on any atom is 0.250 e. The molecule has 5 nitrogen and oxygen atoms in total. The monoisotopic (exact) mass is 300 g/mol. The molecule has 2 rings (SSSR count). The van der Waals surface area contributed by atoms with Gasteiger partial charge in [-0.15, -0.1) is 0 Å². The molecule has 0 fully saturated rings. The summed E-state index contributed by atoms with van der Waals surface area (Å²) in [6, 6.07) is 12.2. The van der Waals surface area contributed by atoms with Gasteiger partial charge in [0.15, 0.2) is 0 Å². The summed E-state index contributed by atoms with van der Waals surface area (Å²) in [6.07, 6.45) is 0. The van der Waals surface area contributed by atoms with Crippen molar-refractivity contribution in [1.29, 1.82) is 5.26 Å². The van der Waals surface area contributed by atoms with E-state index in [0.29, 0.717) is 28.5 Å². The number of nitrogens with zero attached hydrogens (tertiary/aromatic N) is 1. The molecule has 0 aliphatic heterocycles. The van der Waals surface area contributed by atoms with E-state index in [9.17, 15) is 4.79 Å². The van der Waals surface area contributed by atoms with Gasteiger partial charge in [-0.05, 0) is 29.8 Å². The fourth-order valence-electron chi connectivity index (χ4n) is 1.89. The number of nitrogens with two attached hydrogens (primary N) is 2. The number of primary amides is 1. The van der Waals surface area contributed by atoms with Crippen LogP contribution in [0, 0.1) is 11.3 Å². The van der Waals surface area contributed by atoms with Crippen LogP contribution in [0.15, 0.2) is 36.4 Å². The molecule has 0 spiro atoms. The van der Waals surface area contributed by atoms with Crippen LogP contribution < -0.4 is 16.8 Å². The number of amides is 1. The van der Waals surface area contributed by atoms with E-state index in [4.69, 9.17) is 28.3 Å². The summed E-state index contributed by atoms with van der Waals surface area (Å²) in [5.74, 6) is -0.605. The third-order valence-corrected chi connectivity index (χ3v) is 3.23. The Labute approximate surface area is 127 Å². The van der Waals surface area contributed by atoms with Gasteiger partial charge in [0.1, 0.15) is 0 Å². The summed E-state index contributed by atoms with van der Waals surface area (Å²) >= 11 is 6.10. The number of hydrogen-bond donors (Lipinski definition) is 3. The molecule has 0 radical (unpaired) electrons. The van der Waals surface area contributed by atoms with Gasteiger partial charge in [0, 0.05) is 12.2 Å². The summed E-state index contributed by atoms with van der Waals surface area (Å²) in [7, 11) is 0. The van der Waals surface area contributed by atoms with Gasteiger partial charge in [-0.3, -0.25) is 4.79 Å². The minimum absolute atomic E-state index is 0.244. The first-order valence-electron chi connectivity index (χ1n) is 6.13. The number of nitrogen functional groups attached to an aromatic ring is 1. The molecule has 2 aromatic rings. The average Bonchev–Trinajstić information content (AvgIpc) is 2.46. The highest BCUT2D eigenvalue weighted by molar-refractivity contribution is 6.34. The van der Waals surface area contributed by atoms with Crippen LogP contribution in [-0.4, -0.2) is 5.91 Å². The van der Waals surface area contributed by atoms with Crippen LogP contribution in [-0.2, 0) is 6.54 Å². The van der Waals surface area contributed by atoms with Gasteiger partial charge in [-0.1, -0.05) is 23.7 Å². The van der Waals surface area contributed by atoms with E-state index >= 15 is 0 Å². The highest BCUT2D eigenvalue weighted by atomic mass is 35.5. The van der Waals surface area contributed by atoms with Crippen molar-refractivity contribution < 1.29 is 4.79 Å². The van der Waals surface area contributed by atoms with Crippen molar-refractivity contribution in [2.24, 2.45) is 5.73 Å². The minimum atomic E-state index is -0.605. The number of hydrogen-bond acceptors (Lipinski definition) is 4. The Balaban J connectivity index is 2.23. The molecule has 1 amide bonds. The largest absolute Gasteiger partial charge is 0.399 e. The Kier molecular flexibility index (Phi) is 4.31. The van der Waals surface area contributed by atoms with Crippen LogP contribution in [0.3, 0.4) is 0 Å². The van der Waals surface area contributed by atoms with Gasteiger partial charge in [0.2, 0.25) is 0 Å². The maximum absolute atomic E-state index is 11.5. The maximum atomic E-state index is 11.5. The third kappa shape index (κ3) is 3.44. The third-order valence-electron chi connectivity index (χ3n) is 2.93. The normalized spacial score (nSPS) is 9.90. The molecule has 0 unspecified atom stereocenters. The van der Waals surface area contributed by atoms with Gasteiger partial charge in [-0.25, -0.2) is 0 Å².